The lowest BCUT2D eigenvalue weighted by atomic mass is 10.2. The normalized spacial score (nSPS) is 10.5. The second-order valence-corrected chi connectivity index (χ2v) is 4.57. The van der Waals surface area contributed by atoms with Crippen LogP contribution in [0, 0.1) is 6.92 Å². The number of aryl methyl sites for hydroxylation is 1. The summed E-state index contributed by atoms with van der Waals surface area (Å²) in [6, 6.07) is 11.8. The highest BCUT2D eigenvalue weighted by Crippen LogP contribution is 2.25. The molecule has 0 saturated heterocycles. The van der Waals surface area contributed by atoms with Gasteiger partial charge in [-0.05, 0) is 42.3 Å². The average Bonchev–Trinajstić information content (AvgIpc) is 2.51. The maximum absolute atomic E-state index is 11.7. The fourth-order valence-electron chi connectivity index (χ4n) is 1.80. The third-order valence-corrected chi connectivity index (χ3v) is 2.98. The molecule has 0 radical (unpaired) electrons. The fourth-order valence-corrected chi connectivity index (χ4v) is 1.80. The van der Waals surface area contributed by atoms with E-state index in [0.717, 1.165) is 11.3 Å². The summed E-state index contributed by atoms with van der Waals surface area (Å²) in [6.45, 7) is 1.90. The molecule has 6 nitrogen and oxygen atoms in total. The van der Waals surface area contributed by atoms with Gasteiger partial charge in [0, 0.05) is 5.69 Å². The number of phenolic OH excluding ortho intramolecular Hbond substituents is 1. The highest BCUT2D eigenvalue weighted by molar-refractivity contribution is 5.91. The first kappa shape index (κ1) is 15.4. The molecule has 0 aliphatic rings. The smallest absolute Gasteiger partial charge is 0.339 e. The molecule has 0 saturated carbocycles. The number of carbonyl (C=O) groups is 1. The van der Waals surface area contributed by atoms with E-state index in [1.54, 1.807) is 12.1 Å². The van der Waals surface area contributed by atoms with E-state index in [2.05, 4.69) is 15.8 Å². The van der Waals surface area contributed by atoms with E-state index in [9.17, 15) is 9.90 Å². The predicted molar refractivity (Wildman–Crippen MR) is 85.6 cm³/mol. The molecule has 0 heterocycles. The van der Waals surface area contributed by atoms with Crippen molar-refractivity contribution in [1.29, 1.82) is 0 Å². The first-order valence-corrected chi connectivity index (χ1v) is 6.63. The number of ether oxygens (including phenoxy) is 1. The van der Waals surface area contributed by atoms with E-state index in [1.807, 2.05) is 31.2 Å². The number of anilines is 1. The van der Waals surface area contributed by atoms with Crippen molar-refractivity contribution in [2.75, 3.05) is 12.4 Å². The SMILES string of the molecule is COc1cc(C=NNC(=O)Nc2ccccc2C)ccc1O. The van der Waals surface area contributed by atoms with Crippen molar-refractivity contribution in [2.45, 2.75) is 6.92 Å². The number of nitrogens with one attached hydrogen (secondary N) is 2. The standard InChI is InChI=1S/C16H17N3O3/c1-11-5-3-4-6-13(11)18-16(21)19-17-10-12-7-8-14(20)15(9-12)22-2/h3-10,20H,1-2H3,(H2,18,19,21). The number of phenols is 1. The summed E-state index contributed by atoms with van der Waals surface area (Å²) in [6.07, 6.45) is 1.46. The Morgan fingerprint density at radius 3 is 2.77 bits per heavy atom. The average molecular weight is 299 g/mol. The van der Waals surface area contributed by atoms with Gasteiger partial charge < -0.3 is 15.2 Å². The van der Waals surface area contributed by atoms with Gasteiger partial charge in [-0.15, -0.1) is 0 Å². The highest BCUT2D eigenvalue weighted by Gasteiger charge is 2.03. The van der Waals surface area contributed by atoms with Gasteiger partial charge in [0.2, 0.25) is 0 Å². The van der Waals surface area contributed by atoms with Crippen molar-refractivity contribution >= 4 is 17.9 Å². The number of methoxy groups -OCH3 is 1. The number of para-hydroxylation sites is 1. The van der Waals surface area contributed by atoms with Crippen LogP contribution < -0.4 is 15.5 Å². The van der Waals surface area contributed by atoms with Gasteiger partial charge in [-0.2, -0.15) is 5.10 Å². The number of amides is 2. The summed E-state index contributed by atoms with van der Waals surface area (Å²) in [5, 5.41) is 16.0. The first-order valence-electron chi connectivity index (χ1n) is 6.63. The highest BCUT2D eigenvalue weighted by atomic mass is 16.5. The number of hydrogen-bond donors (Lipinski definition) is 3. The molecule has 0 aliphatic heterocycles. The molecule has 22 heavy (non-hydrogen) atoms. The molecule has 0 fully saturated rings. The van der Waals surface area contributed by atoms with Gasteiger partial charge in [0.15, 0.2) is 11.5 Å². The summed E-state index contributed by atoms with van der Waals surface area (Å²) < 4.78 is 4.99. The van der Waals surface area contributed by atoms with Gasteiger partial charge in [-0.25, -0.2) is 10.2 Å². The van der Waals surface area contributed by atoms with E-state index in [-0.39, 0.29) is 5.75 Å². The Kier molecular flexibility index (Phi) is 4.98. The first-order chi connectivity index (χ1) is 10.6. The molecule has 0 bridgehead atoms. The minimum absolute atomic E-state index is 0.0462. The van der Waals surface area contributed by atoms with Crippen LogP contribution in [0.2, 0.25) is 0 Å². The monoisotopic (exact) mass is 299 g/mol. The van der Waals surface area contributed by atoms with E-state index in [0.29, 0.717) is 11.3 Å². The van der Waals surface area contributed by atoms with E-state index in [1.165, 1.54) is 19.4 Å². The molecular formula is C16H17N3O3. The summed E-state index contributed by atoms with van der Waals surface area (Å²) in [4.78, 5) is 11.7. The zero-order valence-electron chi connectivity index (χ0n) is 12.3. The van der Waals surface area contributed by atoms with Gasteiger partial charge in [0.05, 0.1) is 13.3 Å². The largest absolute Gasteiger partial charge is 0.504 e. The third-order valence-electron chi connectivity index (χ3n) is 2.98. The molecule has 2 aromatic carbocycles. The molecular weight excluding hydrogens is 282 g/mol. The molecule has 0 atom stereocenters. The van der Waals surface area contributed by atoms with Crippen LogP contribution in [0.1, 0.15) is 11.1 Å². The van der Waals surface area contributed by atoms with Crippen LogP contribution in [-0.2, 0) is 0 Å². The van der Waals surface area contributed by atoms with Crippen molar-refractivity contribution < 1.29 is 14.6 Å². The van der Waals surface area contributed by atoms with Crippen LogP contribution >= 0.6 is 0 Å². The Balaban J connectivity index is 1.95. The van der Waals surface area contributed by atoms with Crippen molar-refractivity contribution in [3.8, 4) is 11.5 Å². The summed E-state index contributed by atoms with van der Waals surface area (Å²) in [5.74, 6) is 0.387. The molecule has 2 amide bonds. The summed E-state index contributed by atoms with van der Waals surface area (Å²) in [7, 11) is 1.46. The van der Waals surface area contributed by atoms with Gasteiger partial charge in [-0.3, -0.25) is 0 Å². The topological polar surface area (TPSA) is 83.0 Å². The zero-order valence-corrected chi connectivity index (χ0v) is 12.3. The Morgan fingerprint density at radius 2 is 2.05 bits per heavy atom. The van der Waals surface area contributed by atoms with Gasteiger partial charge >= 0.3 is 6.03 Å². The fraction of sp³-hybridized carbons (Fsp3) is 0.125. The van der Waals surface area contributed by atoms with Crippen LogP contribution in [0.15, 0.2) is 47.6 Å². The maximum Gasteiger partial charge on any atom is 0.339 e. The van der Waals surface area contributed by atoms with Crippen LogP contribution in [0.3, 0.4) is 0 Å². The van der Waals surface area contributed by atoms with Crippen molar-refractivity contribution in [2.24, 2.45) is 5.10 Å². The second-order valence-electron chi connectivity index (χ2n) is 4.57. The zero-order chi connectivity index (χ0) is 15.9. The minimum atomic E-state index is -0.434. The molecule has 0 unspecified atom stereocenters. The molecule has 114 valence electrons. The number of benzene rings is 2. The van der Waals surface area contributed by atoms with Crippen molar-refractivity contribution in [3.05, 3.63) is 53.6 Å². The van der Waals surface area contributed by atoms with Gasteiger partial charge in [0.25, 0.3) is 0 Å². The number of nitrogens with zero attached hydrogens (tertiary/aromatic N) is 1. The van der Waals surface area contributed by atoms with E-state index in [4.69, 9.17) is 4.74 Å². The van der Waals surface area contributed by atoms with Crippen LogP contribution in [-0.4, -0.2) is 24.5 Å². The summed E-state index contributed by atoms with van der Waals surface area (Å²) in [5.41, 5.74) is 4.75. The second kappa shape index (κ2) is 7.12. The number of aromatic hydroxyl groups is 1. The van der Waals surface area contributed by atoms with E-state index < -0.39 is 6.03 Å². The molecule has 2 aromatic rings. The summed E-state index contributed by atoms with van der Waals surface area (Å²) >= 11 is 0. The Hall–Kier alpha value is -3.02. The predicted octanol–water partition coefficient (Wildman–Crippen LogP) is 2.86. The third kappa shape index (κ3) is 3.99. The molecule has 0 aromatic heterocycles. The number of rotatable bonds is 4. The van der Waals surface area contributed by atoms with Gasteiger partial charge in [-0.1, -0.05) is 18.2 Å². The lowest BCUT2D eigenvalue weighted by Gasteiger charge is -2.07. The minimum Gasteiger partial charge on any atom is -0.504 e. The molecule has 2 rings (SSSR count). The molecule has 6 heteroatoms. The molecule has 3 N–H and O–H groups in total. The number of hydrazone groups is 1. The number of carbonyl (C=O) groups excluding carboxylic acids is 1. The molecule has 0 spiro atoms. The Morgan fingerprint density at radius 1 is 1.27 bits per heavy atom. The van der Waals surface area contributed by atoms with E-state index >= 15 is 0 Å². The lowest BCUT2D eigenvalue weighted by Crippen LogP contribution is -2.24. The quantitative estimate of drug-likeness (QED) is 0.599. The Labute approximate surface area is 128 Å². The number of hydrogen-bond acceptors (Lipinski definition) is 4. The van der Waals surface area contributed by atoms with Gasteiger partial charge in [0.1, 0.15) is 0 Å². The molecule has 0 aliphatic carbocycles. The van der Waals surface area contributed by atoms with Crippen molar-refractivity contribution in [3.63, 3.8) is 0 Å². The number of urea groups is 1. The van der Waals surface area contributed by atoms with Crippen LogP contribution in [0.5, 0.6) is 11.5 Å². The van der Waals surface area contributed by atoms with Crippen LogP contribution in [0.25, 0.3) is 0 Å². The maximum atomic E-state index is 11.7. The lowest BCUT2D eigenvalue weighted by molar-refractivity contribution is 0.252. The van der Waals surface area contributed by atoms with Crippen LogP contribution in [0.4, 0.5) is 10.5 Å². The van der Waals surface area contributed by atoms with Crippen molar-refractivity contribution in [1.82, 2.24) is 5.43 Å². The Bertz CT molecular complexity index is 699.